The molecule has 0 radical (unpaired) electrons. The van der Waals surface area contributed by atoms with E-state index in [-0.39, 0.29) is 23.0 Å². The number of benzene rings is 2. The Bertz CT molecular complexity index is 892. The fourth-order valence-corrected chi connectivity index (χ4v) is 3.76. The molecule has 0 saturated heterocycles. The summed E-state index contributed by atoms with van der Waals surface area (Å²) in [5.41, 5.74) is 1.67. The molecule has 2 aromatic rings. The van der Waals surface area contributed by atoms with Gasteiger partial charge in [0, 0.05) is 18.2 Å². The van der Waals surface area contributed by atoms with E-state index in [2.05, 4.69) is 5.32 Å². The predicted molar refractivity (Wildman–Crippen MR) is 93.9 cm³/mol. The van der Waals surface area contributed by atoms with Crippen LogP contribution in [0.2, 0.25) is 0 Å². The second kappa shape index (κ2) is 7.14. The first-order chi connectivity index (χ1) is 11.9. The maximum absolute atomic E-state index is 12.5. The molecule has 0 atom stereocenters. The summed E-state index contributed by atoms with van der Waals surface area (Å²) in [6, 6.07) is 11.8. The third-order valence-corrected chi connectivity index (χ3v) is 5.49. The topological polar surface area (TPSA) is 81.7 Å². The molecule has 1 heterocycles. The molecule has 7 heteroatoms. The number of carbonyl (C=O) groups excluding carboxylic acids is 1. The van der Waals surface area contributed by atoms with Crippen LogP contribution in [0, 0.1) is 6.92 Å². The zero-order chi connectivity index (χ0) is 17.9. The maximum atomic E-state index is 12.5. The number of anilines is 1. The van der Waals surface area contributed by atoms with Gasteiger partial charge in [-0.1, -0.05) is 12.1 Å². The summed E-state index contributed by atoms with van der Waals surface area (Å²) in [7, 11) is -3.59. The maximum Gasteiger partial charge on any atom is 0.225 e. The van der Waals surface area contributed by atoms with Crippen molar-refractivity contribution in [1.82, 2.24) is 0 Å². The number of sulfone groups is 1. The average molecular weight is 361 g/mol. The molecule has 2 aromatic carbocycles. The van der Waals surface area contributed by atoms with Crippen molar-refractivity contribution in [2.24, 2.45) is 0 Å². The monoisotopic (exact) mass is 361 g/mol. The van der Waals surface area contributed by atoms with Crippen LogP contribution in [0.4, 0.5) is 5.69 Å². The zero-order valence-electron chi connectivity index (χ0n) is 13.8. The molecule has 25 heavy (non-hydrogen) atoms. The van der Waals surface area contributed by atoms with Crippen LogP contribution in [0.5, 0.6) is 11.5 Å². The molecule has 6 nitrogen and oxygen atoms in total. The molecule has 1 amide bonds. The molecule has 0 fully saturated rings. The van der Waals surface area contributed by atoms with Crippen LogP contribution >= 0.6 is 0 Å². The van der Waals surface area contributed by atoms with E-state index in [9.17, 15) is 13.2 Å². The van der Waals surface area contributed by atoms with Crippen molar-refractivity contribution in [3.8, 4) is 11.5 Å². The standard InChI is InChI=1S/C18H19NO5S/c1-13-3-2-4-14(11-13)19-18(20)7-10-25(21,22)15-5-6-16-17(12-15)24-9-8-23-16/h2-6,11-12H,7-10H2,1H3,(H,19,20). The summed E-state index contributed by atoms with van der Waals surface area (Å²) in [5.74, 6) is 0.329. The van der Waals surface area contributed by atoms with Crippen molar-refractivity contribution in [3.63, 3.8) is 0 Å². The first-order valence-corrected chi connectivity index (χ1v) is 9.58. The van der Waals surface area contributed by atoms with Gasteiger partial charge in [-0.2, -0.15) is 0 Å². The van der Waals surface area contributed by atoms with Crippen molar-refractivity contribution in [2.75, 3.05) is 24.3 Å². The van der Waals surface area contributed by atoms with Gasteiger partial charge in [-0.3, -0.25) is 4.79 Å². The molecular weight excluding hydrogens is 342 g/mol. The Labute approximate surface area is 146 Å². The lowest BCUT2D eigenvalue weighted by Gasteiger charge is -2.18. The molecule has 132 valence electrons. The van der Waals surface area contributed by atoms with Crippen LogP contribution in [0.3, 0.4) is 0 Å². The van der Waals surface area contributed by atoms with Crippen molar-refractivity contribution in [1.29, 1.82) is 0 Å². The predicted octanol–water partition coefficient (Wildman–Crippen LogP) is 2.57. The number of hydrogen-bond donors (Lipinski definition) is 1. The molecule has 1 N–H and O–H groups in total. The Morgan fingerprint density at radius 3 is 2.60 bits per heavy atom. The zero-order valence-corrected chi connectivity index (χ0v) is 14.6. The van der Waals surface area contributed by atoms with E-state index >= 15 is 0 Å². The van der Waals surface area contributed by atoms with Gasteiger partial charge in [0.15, 0.2) is 21.3 Å². The van der Waals surface area contributed by atoms with Gasteiger partial charge in [-0.15, -0.1) is 0 Å². The van der Waals surface area contributed by atoms with E-state index in [0.717, 1.165) is 5.56 Å². The van der Waals surface area contributed by atoms with Gasteiger partial charge >= 0.3 is 0 Å². The first-order valence-electron chi connectivity index (χ1n) is 7.93. The van der Waals surface area contributed by atoms with E-state index in [1.165, 1.54) is 12.1 Å². The average Bonchev–Trinajstić information content (AvgIpc) is 2.60. The molecule has 0 aliphatic carbocycles. The summed E-state index contributed by atoms with van der Waals surface area (Å²) in [4.78, 5) is 12.1. The SMILES string of the molecule is Cc1cccc(NC(=O)CCS(=O)(=O)c2ccc3c(c2)OCCO3)c1. The van der Waals surface area contributed by atoms with Gasteiger partial charge < -0.3 is 14.8 Å². The first kappa shape index (κ1) is 17.3. The molecule has 1 aliphatic heterocycles. The van der Waals surface area contributed by atoms with Crippen LogP contribution in [0.1, 0.15) is 12.0 Å². The van der Waals surface area contributed by atoms with Crippen LogP contribution in [0.15, 0.2) is 47.4 Å². The number of hydrogen-bond acceptors (Lipinski definition) is 5. The minimum atomic E-state index is -3.59. The lowest BCUT2D eigenvalue weighted by atomic mass is 10.2. The van der Waals surface area contributed by atoms with Crippen LogP contribution in [-0.4, -0.2) is 33.3 Å². The van der Waals surface area contributed by atoms with E-state index in [1.807, 2.05) is 25.1 Å². The smallest absolute Gasteiger partial charge is 0.225 e. The Hall–Kier alpha value is -2.54. The van der Waals surface area contributed by atoms with E-state index in [0.29, 0.717) is 30.4 Å². The Morgan fingerprint density at radius 2 is 1.84 bits per heavy atom. The highest BCUT2D eigenvalue weighted by molar-refractivity contribution is 7.91. The fraction of sp³-hybridized carbons (Fsp3) is 0.278. The Balaban J connectivity index is 1.64. The fourth-order valence-electron chi connectivity index (χ4n) is 2.51. The number of aryl methyl sites for hydroxylation is 1. The van der Waals surface area contributed by atoms with Gasteiger partial charge in [0.25, 0.3) is 0 Å². The second-order valence-corrected chi connectivity index (χ2v) is 7.90. The number of fused-ring (bicyclic) bond motifs is 1. The molecule has 0 aromatic heterocycles. The van der Waals surface area contributed by atoms with E-state index in [4.69, 9.17) is 9.47 Å². The van der Waals surface area contributed by atoms with Gasteiger partial charge in [0.1, 0.15) is 13.2 Å². The van der Waals surface area contributed by atoms with Crippen molar-refractivity contribution < 1.29 is 22.7 Å². The largest absolute Gasteiger partial charge is 0.486 e. The van der Waals surface area contributed by atoms with E-state index < -0.39 is 9.84 Å². The summed E-state index contributed by atoms with van der Waals surface area (Å²) in [5, 5.41) is 2.71. The van der Waals surface area contributed by atoms with Crippen molar-refractivity contribution in [3.05, 3.63) is 48.0 Å². The number of carbonyl (C=O) groups is 1. The Kier molecular flexibility index (Phi) is 4.94. The summed E-state index contributed by atoms with van der Waals surface area (Å²) >= 11 is 0. The third-order valence-electron chi connectivity index (χ3n) is 3.77. The summed E-state index contributed by atoms with van der Waals surface area (Å²) < 4.78 is 35.7. The number of amides is 1. The van der Waals surface area contributed by atoms with Crippen LogP contribution < -0.4 is 14.8 Å². The number of ether oxygens (including phenoxy) is 2. The van der Waals surface area contributed by atoms with Crippen molar-refractivity contribution in [2.45, 2.75) is 18.2 Å². The third kappa shape index (κ3) is 4.30. The molecule has 1 aliphatic rings. The molecule has 0 spiro atoms. The number of nitrogens with one attached hydrogen (secondary N) is 1. The van der Waals surface area contributed by atoms with Gasteiger partial charge in [0.05, 0.1) is 10.6 Å². The van der Waals surface area contributed by atoms with Crippen LogP contribution in [0.25, 0.3) is 0 Å². The van der Waals surface area contributed by atoms with Gasteiger partial charge in [0.2, 0.25) is 5.91 Å². The second-order valence-electron chi connectivity index (χ2n) is 5.79. The van der Waals surface area contributed by atoms with Gasteiger partial charge in [-0.05, 0) is 36.8 Å². The highest BCUT2D eigenvalue weighted by atomic mass is 32.2. The lowest BCUT2D eigenvalue weighted by Crippen LogP contribution is -2.18. The Morgan fingerprint density at radius 1 is 1.08 bits per heavy atom. The number of rotatable bonds is 5. The normalized spacial score (nSPS) is 13.3. The van der Waals surface area contributed by atoms with Crippen molar-refractivity contribution >= 4 is 21.4 Å². The minimum absolute atomic E-state index is 0.120. The molecule has 0 saturated carbocycles. The van der Waals surface area contributed by atoms with Crippen LogP contribution in [-0.2, 0) is 14.6 Å². The molecule has 0 bridgehead atoms. The molecule has 3 rings (SSSR count). The highest BCUT2D eigenvalue weighted by Gasteiger charge is 2.20. The quantitative estimate of drug-likeness (QED) is 0.885. The summed E-state index contributed by atoms with van der Waals surface area (Å²) in [6.45, 7) is 2.75. The minimum Gasteiger partial charge on any atom is -0.486 e. The van der Waals surface area contributed by atoms with Gasteiger partial charge in [-0.25, -0.2) is 8.42 Å². The summed E-state index contributed by atoms with van der Waals surface area (Å²) in [6.07, 6.45) is -0.120. The lowest BCUT2D eigenvalue weighted by molar-refractivity contribution is -0.115. The van der Waals surface area contributed by atoms with E-state index in [1.54, 1.807) is 12.1 Å². The highest BCUT2D eigenvalue weighted by Crippen LogP contribution is 2.32. The molecular formula is C18H19NO5S. The molecule has 0 unspecified atom stereocenters.